The molecule has 0 bridgehead atoms. The lowest BCUT2D eigenvalue weighted by Crippen LogP contribution is -2.22. The number of Topliss-reactive ketones (excluding diaryl/α,β-unsaturated/α-hetero) is 1. The fraction of sp³-hybridized carbons (Fsp3) is 0.500. The minimum atomic E-state index is -0.294. The minimum Gasteiger partial charge on any atom is -0.373 e. The fourth-order valence-electron chi connectivity index (χ4n) is 1.71. The highest BCUT2D eigenvalue weighted by Gasteiger charge is 2.18. The van der Waals surface area contributed by atoms with Crippen molar-refractivity contribution in [1.29, 1.82) is 0 Å². The van der Waals surface area contributed by atoms with Crippen LogP contribution in [0.2, 0.25) is 0 Å². The largest absolute Gasteiger partial charge is 0.373 e. The van der Waals surface area contributed by atoms with E-state index >= 15 is 0 Å². The Morgan fingerprint density at radius 2 is 1.88 bits per heavy atom. The standard InChI is InChI=1S/C14H20O2/c1-4-6-13(16-3)14(15)12-9-7-11(5-2)8-10-12/h7-10,13H,4-6H2,1-3H3. The van der Waals surface area contributed by atoms with E-state index in [1.165, 1.54) is 5.56 Å². The number of methoxy groups -OCH3 is 1. The van der Waals surface area contributed by atoms with Gasteiger partial charge < -0.3 is 4.74 Å². The monoisotopic (exact) mass is 220 g/mol. The molecule has 0 saturated carbocycles. The molecule has 0 fully saturated rings. The van der Waals surface area contributed by atoms with Gasteiger partial charge in [-0.15, -0.1) is 0 Å². The molecule has 16 heavy (non-hydrogen) atoms. The van der Waals surface area contributed by atoms with E-state index in [4.69, 9.17) is 4.74 Å². The van der Waals surface area contributed by atoms with Gasteiger partial charge in [0, 0.05) is 12.7 Å². The molecule has 0 amide bonds. The summed E-state index contributed by atoms with van der Waals surface area (Å²) in [6.07, 6.45) is 2.44. The zero-order valence-corrected chi connectivity index (χ0v) is 10.3. The van der Waals surface area contributed by atoms with Crippen LogP contribution in [0.3, 0.4) is 0 Å². The van der Waals surface area contributed by atoms with Crippen molar-refractivity contribution in [2.75, 3.05) is 7.11 Å². The van der Waals surface area contributed by atoms with Crippen molar-refractivity contribution < 1.29 is 9.53 Å². The van der Waals surface area contributed by atoms with Crippen LogP contribution >= 0.6 is 0 Å². The number of carbonyl (C=O) groups is 1. The second-order valence-corrected chi connectivity index (χ2v) is 3.93. The molecule has 0 N–H and O–H groups in total. The van der Waals surface area contributed by atoms with Crippen LogP contribution in [-0.2, 0) is 11.2 Å². The van der Waals surface area contributed by atoms with E-state index in [0.29, 0.717) is 0 Å². The third-order valence-corrected chi connectivity index (χ3v) is 2.77. The van der Waals surface area contributed by atoms with Crippen LogP contribution in [0.1, 0.15) is 42.6 Å². The van der Waals surface area contributed by atoms with Crippen molar-refractivity contribution in [3.05, 3.63) is 35.4 Å². The summed E-state index contributed by atoms with van der Waals surface area (Å²) < 4.78 is 5.21. The molecule has 0 saturated heterocycles. The fourth-order valence-corrected chi connectivity index (χ4v) is 1.71. The molecule has 1 aromatic carbocycles. The molecule has 88 valence electrons. The van der Waals surface area contributed by atoms with E-state index < -0.39 is 0 Å². The number of rotatable bonds is 6. The van der Waals surface area contributed by atoms with E-state index in [1.807, 2.05) is 24.3 Å². The summed E-state index contributed by atoms with van der Waals surface area (Å²) in [5.41, 5.74) is 2.00. The zero-order valence-electron chi connectivity index (χ0n) is 10.3. The molecule has 0 aliphatic heterocycles. The maximum atomic E-state index is 12.0. The lowest BCUT2D eigenvalue weighted by Gasteiger charge is -2.13. The molecular weight excluding hydrogens is 200 g/mol. The highest BCUT2D eigenvalue weighted by atomic mass is 16.5. The summed E-state index contributed by atoms with van der Waals surface area (Å²) in [4.78, 5) is 12.0. The van der Waals surface area contributed by atoms with Gasteiger partial charge in [-0.3, -0.25) is 4.79 Å². The Bertz CT molecular complexity index is 327. The molecule has 2 heteroatoms. The Labute approximate surface area is 97.6 Å². The third-order valence-electron chi connectivity index (χ3n) is 2.77. The Morgan fingerprint density at radius 1 is 1.25 bits per heavy atom. The number of benzene rings is 1. The zero-order chi connectivity index (χ0) is 12.0. The van der Waals surface area contributed by atoms with Crippen molar-refractivity contribution >= 4 is 5.78 Å². The first-order valence-corrected chi connectivity index (χ1v) is 5.88. The first kappa shape index (κ1) is 12.9. The molecule has 0 heterocycles. The first-order chi connectivity index (χ1) is 7.72. The number of ether oxygens (including phenoxy) is 1. The molecule has 1 rings (SSSR count). The highest BCUT2D eigenvalue weighted by molar-refractivity contribution is 5.99. The van der Waals surface area contributed by atoms with Crippen LogP contribution in [-0.4, -0.2) is 19.0 Å². The van der Waals surface area contributed by atoms with Crippen LogP contribution in [0.5, 0.6) is 0 Å². The van der Waals surface area contributed by atoms with Crippen LogP contribution < -0.4 is 0 Å². The summed E-state index contributed by atoms with van der Waals surface area (Å²) in [6, 6.07) is 7.80. The Hall–Kier alpha value is -1.15. The number of carbonyl (C=O) groups excluding carboxylic acids is 1. The number of hydrogen-bond acceptors (Lipinski definition) is 2. The van der Waals surface area contributed by atoms with Gasteiger partial charge >= 0.3 is 0 Å². The van der Waals surface area contributed by atoms with Gasteiger partial charge in [0.05, 0.1) is 0 Å². The number of hydrogen-bond donors (Lipinski definition) is 0. The molecule has 1 aromatic rings. The maximum absolute atomic E-state index is 12.0. The molecule has 0 aromatic heterocycles. The van der Waals surface area contributed by atoms with Crippen molar-refractivity contribution in [2.45, 2.75) is 39.2 Å². The van der Waals surface area contributed by atoms with Gasteiger partial charge in [-0.25, -0.2) is 0 Å². The molecule has 0 spiro atoms. The van der Waals surface area contributed by atoms with E-state index in [1.54, 1.807) is 7.11 Å². The molecule has 0 radical (unpaired) electrons. The van der Waals surface area contributed by atoms with Crippen LogP contribution in [0.15, 0.2) is 24.3 Å². The SMILES string of the molecule is CCCC(OC)C(=O)c1ccc(CC)cc1. The normalized spacial score (nSPS) is 12.4. The Kier molecular flexibility index (Phi) is 5.20. The second-order valence-electron chi connectivity index (χ2n) is 3.93. The topological polar surface area (TPSA) is 26.3 Å². The number of aryl methyl sites for hydroxylation is 1. The summed E-state index contributed by atoms with van der Waals surface area (Å²) in [6.45, 7) is 4.16. The van der Waals surface area contributed by atoms with Crippen molar-refractivity contribution in [3.63, 3.8) is 0 Å². The summed E-state index contributed by atoms with van der Waals surface area (Å²) >= 11 is 0. The molecule has 2 nitrogen and oxygen atoms in total. The van der Waals surface area contributed by atoms with E-state index in [2.05, 4.69) is 13.8 Å². The van der Waals surface area contributed by atoms with Crippen LogP contribution in [0.25, 0.3) is 0 Å². The molecular formula is C14H20O2. The summed E-state index contributed by atoms with van der Waals surface area (Å²) in [5, 5.41) is 0. The minimum absolute atomic E-state index is 0.0898. The van der Waals surface area contributed by atoms with E-state index in [-0.39, 0.29) is 11.9 Å². The maximum Gasteiger partial charge on any atom is 0.191 e. The molecule has 0 aliphatic carbocycles. The predicted molar refractivity (Wildman–Crippen MR) is 65.9 cm³/mol. The van der Waals surface area contributed by atoms with Crippen LogP contribution in [0.4, 0.5) is 0 Å². The van der Waals surface area contributed by atoms with Gasteiger partial charge in [-0.2, -0.15) is 0 Å². The molecule has 0 aliphatic rings. The Balaban J connectivity index is 2.78. The quantitative estimate of drug-likeness (QED) is 0.688. The van der Waals surface area contributed by atoms with Crippen LogP contribution in [0, 0.1) is 0 Å². The summed E-state index contributed by atoms with van der Waals surface area (Å²) in [5.74, 6) is 0.0898. The van der Waals surface area contributed by atoms with Gasteiger partial charge in [0.15, 0.2) is 5.78 Å². The highest BCUT2D eigenvalue weighted by Crippen LogP contribution is 2.12. The average molecular weight is 220 g/mol. The Morgan fingerprint density at radius 3 is 2.31 bits per heavy atom. The van der Waals surface area contributed by atoms with E-state index in [9.17, 15) is 4.79 Å². The second kappa shape index (κ2) is 6.44. The van der Waals surface area contributed by atoms with Gasteiger partial charge in [0.1, 0.15) is 6.10 Å². The predicted octanol–water partition coefficient (Wildman–Crippen LogP) is 3.25. The average Bonchev–Trinajstić information content (AvgIpc) is 2.35. The van der Waals surface area contributed by atoms with Crippen molar-refractivity contribution in [3.8, 4) is 0 Å². The van der Waals surface area contributed by atoms with Gasteiger partial charge in [-0.05, 0) is 18.4 Å². The van der Waals surface area contributed by atoms with Crippen molar-refractivity contribution in [2.24, 2.45) is 0 Å². The van der Waals surface area contributed by atoms with Gasteiger partial charge in [-0.1, -0.05) is 44.5 Å². The first-order valence-electron chi connectivity index (χ1n) is 5.88. The molecule has 1 unspecified atom stereocenters. The van der Waals surface area contributed by atoms with E-state index in [0.717, 1.165) is 24.8 Å². The lowest BCUT2D eigenvalue weighted by atomic mass is 10.0. The summed E-state index contributed by atoms with van der Waals surface area (Å²) in [7, 11) is 1.60. The smallest absolute Gasteiger partial charge is 0.191 e. The van der Waals surface area contributed by atoms with Gasteiger partial charge in [0.2, 0.25) is 0 Å². The van der Waals surface area contributed by atoms with Gasteiger partial charge in [0.25, 0.3) is 0 Å². The number of ketones is 1. The lowest BCUT2D eigenvalue weighted by molar-refractivity contribution is 0.0578. The molecule has 1 atom stereocenters. The third kappa shape index (κ3) is 3.17. The van der Waals surface area contributed by atoms with Crippen molar-refractivity contribution in [1.82, 2.24) is 0 Å².